The van der Waals surface area contributed by atoms with Crippen molar-refractivity contribution in [3.05, 3.63) is 92.4 Å². The van der Waals surface area contributed by atoms with Gasteiger partial charge in [0.05, 0.1) is 0 Å². The molecule has 2 aromatic carbocycles. The largest absolute Gasteiger partial charge is 0.506 e. The van der Waals surface area contributed by atoms with Crippen LogP contribution in [0.3, 0.4) is 0 Å². The molecular formula is C23H17F4N3O4. The highest BCUT2D eigenvalue weighted by atomic mass is 19.2. The molecular weight excluding hydrogens is 458 g/mol. The third kappa shape index (κ3) is 4.36. The van der Waals surface area contributed by atoms with Crippen LogP contribution in [0, 0.1) is 37.1 Å². The van der Waals surface area contributed by atoms with Crippen LogP contribution in [0.4, 0.5) is 17.6 Å². The average Bonchev–Trinajstić information content (AvgIpc) is 3.23. The van der Waals surface area contributed by atoms with Crippen LogP contribution in [0.1, 0.15) is 28.2 Å². The zero-order valence-electron chi connectivity index (χ0n) is 17.9. The van der Waals surface area contributed by atoms with E-state index in [1.165, 1.54) is 18.2 Å². The fourth-order valence-electron chi connectivity index (χ4n) is 3.48. The number of benzene rings is 2. The predicted molar refractivity (Wildman–Crippen MR) is 111 cm³/mol. The zero-order valence-corrected chi connectivity index (χ0v) is 17.9. The standard InChI is InChI=1S/C23H17F4N3O4/c1-10-7-17(33-9-18-29-23(32)34-30-18)19(25)11(2)14(10)8-12-3-6-16(31)22(28-12)13-4-5-15(24)21(27)20(13)26/h3-7,31H,8-9H2,1-2H3,(H,29,30,32). The number of hydrogen-bond acceptors (Lipinski definition) is 6. The van der Waals surface area contributed by atoms with E-state index in [1.54, 1.807) is 13.8 Å². The van der Waals surface area contributed by atoms with Gasteiger partial charge in [-0.3, -0.25) is 9.51 Å². The van der Waals surface area contributed by atoms with Crippen LogP contribution in [-0.2, 0) is 13.0 Å². The van der Waals surface area contributed by atoms with E-state index >= 15 is 0 Å². The summed E-state index contributed by atoms with van der Waals surface area (Å²) in [6.07, 6.45) is 0.101. The Balaban J connectivity index is 1.64. The summed E-state index contributed by atoms with van der Waals surface area (Å²) in [5.41, 5.74) is 1.13. The fraction of sp³-hybridized carbons (Fsp3) is 0.174. The van der Waals surface area contributed by atoms with Gasteiger partial charge in [0.1, 0.15) is 18.1 Å². The molecule has 0 aliphatic rings. The molecule has 0 radical (unpaired) electrons. The van der Waals surface area contributed by atoms with Gasteiger partial charge in [-0.1, -0.05) is 5.16 Å². The van der Waals surface area contributed by atoms with Crippen molar-refractivity contribution in [3.8, 4) is 22.8 Å². The third-order valence-electron chi connectivity index (χ3n) is 5.25. The van der Waals surface area contributed by atoms with Crippen molar-refractivity contribution in [2.75, 3.05) is 0 Å². The molecule has 0 aliphatic carbocycles. The minimum Gasteiger partial charge on any atom is -0.506 e. The maximum atomic E-state index is 15.0. The van der Waals surface area contributed by atoms with Gasteiger partial charge in [0.2, 0.25) is 0 Å². The second-order valence-electron chi connectivity index (χ2n) is 7.51. The molecule has 0 unspecified atom stereocenters. The SMILES string of the molecule is Cc1cc(OCc2noc(=O)[nH]2)c(F)c(C)c1Cc1ccc(O)c(-c2ccc(F)c(F)c2F)n1. The summed E-state index contributed by atoms with van der Waals surface area (Å²) in [4.78, 5) is 17.5. The number of aryl methyl sites for hydroxylation is 1. The van der Waals surface area contributed by atoms with Gasteiger partial charge >= 0.3 is 5.76 Å². The molecule has 0 bridgehead atoms. The third-order valence-corrected chi connectivity index (χ3v) is 5.25. The molecule has 11 heteroatoms. The van der Waals surface area contributed by atoms with E-state index < -0.39 is 40.3 Å². The number of nitrogens with one attached hydrogen (secondary N) is 1. The lowest BCUT2D eigenvalue weighted by molar-refractivity contribution is 0.271. The van der Waals surface area contributed by atoms with Gasteiger partial charge in [0.25, 0.3) is 0 Å². The van der Waals surface area contributed by atoms with Gasteiger partial charge < -0.3 is 9.84 Å². The van der Waals surface area contributed by atoms with Crippen LogP contribution >= 0.6 is 0 Å². The predicted octanol–water partition coefficient (Wildman–Crippen LogP) is 4.47. The Kier molecular flexibility index (Phi) is 6.10. The number of aromatic amines is 1. The summed E-state index contributed by atoms with van der Waals surface area (Å²) in [5, 5.41) is 13.6. The topological polar surface area (TPSA) is 101 Å². The van der Waals surface area contributed by atoms with Gasteiger partial charge in [0.15, 0.2) is 34.8 Å². The van der Waals surface area contributed by atoms with E-state index in [9.17, 15) is 27.5 Å². The van der Waals surface area contributed by atoms with Gasteiger partial charge in [-0.25, -0.2) is 27.3 Å². The number of rotatable bonds is 6. The van der Waals surface area contributed by atoms with Crippen LogP contribution in [-0.4, -0.2) is 20.2 Å². The highest BCUT2D eigenvalue weighted by Gasteiger charge is 2.20. The lowest BCUT2D eigenvalue weighted by Crippen LogP contribution is -2.06. The van der Waals surface area contributed by atoms with Crippen molar-refractivity contribution in [2.45, 2.75) is 26.9 Å². The summed E-state index contributed by atoms with van der Waals surface area (Å²) in [6.45, 7) is 3.05. The summed E-state index contributed by atoms with van der Waals surface area (Å²) in [7, 11) is 0. The Morgan fingerprint density at radius 1 is 1.06 bits per heavy atom. The average molecular weight is 475 g/mol. The van der Waals surface area contributed by atoms with Gasteiger partial charge in [-0.15, -0.1) is 0 Å². The summed E-state index contributed by atoms with van der Waals surface area (Å²) in [5.74, 6) is -6.32. The molecule has 2 heterocycles. The van der Waals surface area contributed by atoms with Crippen LogP contribution in [0.5, 0.6) is 11.5 Å². The van der Waals surface area contributed by atoms with Crippen molar-refractivity contribution in [3.63, 3.8) is 0 Å². The zero-order chi connectivity index (χ0) is 24.6. The van der Waals surface area contributed by atoms with Crippen molar-refractivity contribution in [1.29, 1.82) is 0 Å². The number of ether oxygens (including phenoxy) is 1. The molecule has 2 aromatic heterocycles. The highest BCUT2D eigenvalue weighted by Crippen LogP contribution is 2.33. The first-order valence-corrected chi connectivity index (χ1v) is 9.94. The molecule has 7 nitrogen and oxygen atoms in total. The maximum absolute atomic E-state index is 15.0. The van der Waals surface area contributed by atoms with Crippen LogP contribution in [0.2, 0.25) is 0 Å². The molecule has 176 valence electrons. The first-order chi connectivity index (χ1) is 16.2. The maximum Gasteiger partial charge on any atom is 0.439 e. The van der Waals surface area contributed by atoms with E-state index in [2.05, 4.69) is 19.6 Å². The second-order valence-corrected chi connectivity index (χ2v) is 7.51. The Bertz CT molecular complexity index is 1450. The summed E-state index contributed by atoms with van der Waals surface area (Å²) >= 11 is 0. The Morgan fingerprint density at radius 3 is 2.53 bits per heavy atom. The molecule has 0 atom stereocenters. The summed E-state index contributed by atoms with van der Waals surface area (Å²) < 4.78 is 66.0. The molecule has 0 amide bonds. The van der Waals surface area contributed by atoms with Crippen molar-refractivity contribution < 1.29 is 31.9 Å². The molecule has 4 aromatic rings. The Labute approximate surface area is 189 Å². The summed E-state index contributed by atoms with van der Waals surface area (Å²) in [6, 6.07) is 5.88. The van der Waals surface area contributed by atoms with Crippen LogP contribution < -0.4 is 10.5 Å². The highest BCUT2D eigenvalue weighted by molar-refractivity contribution is 5.67. The number of aromatic nitrogens is 3. The van der Waals surface area contributed by atoms with Crippen molar-refractivity contribution >= 4 is 0 Å². The minimum absolute atomic E-state index is 0.0641. The quantitative estimate of drug-likeness (QED) is 0.315. The molecule has 0 fully saturated rings. The smallest absolute Gasteiger partial charge is 0.439 e. The van der Waals surface area contributed by atoms with E-state index in [0.29, 0.717) is 16.8 Å². The van der Waals surface area contributed by atoms with Gasteiger partial charge in [-0.2, -0.15) is 0 Å². The molecule has 34 heavy (non-hydrogen) atoms. The Hall–Kier alpha value is -4.15. The van der Waals surface area contributed by atoms with Crippen molar-refractivity contribution in [1.82, 2.24) is 15.1 Å². The first kappa shape index (κ1) is 23.0. The van der Waals surface area contributed by atoms with Gasteiger partial charge in [-0.05, 0) is 60.9 Å². The van der Waals surface area contributed by atoms with Crippen molar-refractivity contribution in [2.24, 2.45) is 0 Å². The normalized spacial score (nSPS) is 11.1. The lowest BCUT2D eigenvalue weighted by atomic mass is 9.97. The molecule has 0 saturated heterocycles. The Morgan fingerprint density at radius 2 is 1.82 bits per heavy atom. The van der Waals surface area contributed by atoms with E-state index in [4.69, 9.17) is 4.74 Å². The van der Waals surface area contributed by atoms with E-state index in [-0.39, 0.29) is 35.9 Å². The second kappa shape index (κ2) is 9.00. The lowest BCUT2D eigenvalue weighted by Gasteiger charge is -2.15. The number of H-pyrrole nitrogens is 1. The minimum atomic E-state index is -1.68. The molecule has 0 spiro atoms. The number of aromatic hydroxyl groups is 1. The molecule has 0 aliphatic heterocycles. The number of hydrogen-bond donors (Lipinski definition) is 2. The fourth-order valence-corrected chi connectivity index (χ4v) is 3.48. The van der Waals surface area contributed by atoms with E-state index in [0.717, 1.165) is 12.1 Å². The molecule has 0 saturated carbocycles. The van der Waals surface area contributed by atoms with E-state index in [1.807, 2.05) is 0 Å². The number of nitrogens with zero attached hydrogens (tertiary/aromatic N) is 2. The number of halogens is 4. The monoisotopic (exact) mass is 475 g/mol. The van der Waals surface area contributed by atoms with Crippen LogP contribution in [0.15, 0.2) is 39.6 Å². The molecule has 2 N–H and O–H groups in total. The number of pyridine rings is 1. The molecule has 4 rings (SSSR count). The first-order valence-electron chi connectivity index (χ1n) is 9.94. The van der Waals surface area contributed by atoms with Crippen LogP contribution in [0.25, 0.3) is 11.3 Å². The van der Waals surface area contributed by atoms with Gasteiger partial charge in [0, 0.05) is 17.7 Å².